The van der Waals surface area contributed by atoms with Gasteiger partial charge in [0.1, 0.15) is 0 Å². The lowest BCUT2D eigenvalue weighted by atomic mass is 9.91. The molecule has 2 heteroatoms. The Morgan fingerprint density at radius 3 is 2.25 bits per heavy atom. The highest BCUT2D eigenvalue weighted by Gasteiger charge is 2.23. The summed E-state index contributed by atoms with van der Waals surface area (Å²) < 4.78 is 2.40. The Morgan fingerprint density at radius 1 is 1.12 bits per heavy atom. The van der Waals surface area contributed by atoms with Crippen molar-refractivity contribution in [3.63, 3.8) is 0 Å². The zero-order valence-corrected chi connectivity index (χ0v) is 11.3. The van der Waals surface area contributed by atoms with E-state index in [1.807, 2.05) is 11.3 Å². The Balaban J connectivity index is 2.28. The van der Waals surface area contributed by atoms with Gasteiger partial charge in [0.15, 0.2) is 0 Å². The number of thiophene rings is 1. The van der Waals surface area contributed by atoms with Gasteiger partial charge in [-0.3, -0.25) is 0 Å². The second-order valence-electron chi connectivity index (χ2n) is 5.06. The molecule has 0 saturated carbocycles. The third-order valence-electron chi connectivity index (χ3n) is 3.16. The van der Waals surface area contributed by atoms with Crippen molar-refractivity contribution in [3.05, 3.63) is 45.9 Å². The van der Waals surface area contributed by atoms with E-state index in [2.05, 4.69) is 61.9 Å². The maximum atomic E-state index is 2.40. The lowest BCUT2D eigenvalue weighted by Crippen LogP contribution is -2.24. The lowest BCUT2D eigenvalue weighted by Gasteiger charge is -2.26. The molecule has 1 nitrogen and oxygen atoms in total. The molecule has 0 bridgehead atoms. The van der Waals surface area contributed by atoms with Crippen LogP contribution in [0.5, 0.6) is 0 Å². The van der Waals surface area contributed by atoms with Crippen LogP contribution >= 0.6 is 11.3 Å². The first-order valence-electron chi connectivity index (χ1n) is 5.67. The SMILES string of the molecule is Cc1ccc(C)n1CC(C)(C)c1cccs1. The average molecular weight is 233 g/mol. The largest absolute Gasteiger partial charge is 0.348 e. The Bertz CT molecular complexity index is 443. The summed E-state index contributed by atoms with van der Waals surface area (Å²) in [7, 11) is 0. The predicted octanol–water partition coefficient (Wildman–Crippen LogP) is 4.14. The molecule has 0 radical (unpaired) electrons. The molecule has 0 aliphatic carbocycles. The summed E-state index contributed by atoms with van der Waals surface area (Å²) in [4.78, 5) is 1.46. The van der Waals surface area contributed by atoms with Crippen molar-refractivity contribution in [2.45, 2.75) is 39.7 Å². The van der Waals surface area contributed by atoms with Crippen LogP contribution in [-0.2, 0) is 12.0 Å². The van der Waals surface area contributed by atoms with Crippen LogP contribution in [0.4, 0.5) is 0 Å². The summed E-state index contributed by atoms with van der Waals surface area (Å²) in [6.45, 7) is 10.0. The van der Waals surface area contributed by atoms with Crippen LogP contribution in [0.15, 0.2) is 29.6 Å². The lowest BCUT2D eigenvalue weighted by molar-refractivity contribution is 0.433. The second kappa shape index (κ2) is 4.10. The van der Waals surface area contributed by atoms with E-state index in [1.54, 1.807) is 0 Å². The minimum Gasteiger partial charge on any atom is -0.348 e. The molecule has 2 heterocycles. The first kappa shape index (κ1) is 11.5. The summed E-state index contributed by atoms with van der Waals surface area (Å²) in [5, 5.41) is 2.16. The van der Waals surface area contributed by atoms with E-state index >= 15 is 0 Å². The van der Waals surface area contributed by atoms with E-state index in [1.165, 1.54) is 16.3 Å². The molecule has 0 aliphatic heterocycles. The zero-order valence-electron chi connectivity index (χ0n) is 10.4. The van der Waals surface area contributed by atoms with Gasteiger partial charge in [0, 0.05) is 28.2 Å². The molecular formula is C14H19NS. The van der Waals surface area contributed by atoms with Crippen LogP contribution in [0.2, 0.25) is 0 Å². The molecular weight excluding hydrogens is 214 g/mol. The van der Waals surface area contributed by atoms with Crippen LogP contribution in [0, 0.1) is 13.8 Å². The van der Waals surface area contributed by atoms with Crippen LogP contribution in [-0.4, -0.2) is 4.57 Å². The quantitative estimate of drug-likeness (QED) is 0.750. The van der Waals surface area contributed by atoms with E-state index in [0.29, 0.717) is 0 Å². The number of aryl methyl sites for hydroxylation is 2. The molecule has 2 aromatic rings. The third-order valence-corrected chi connectivity index (χ3v) is 4.39. The molecule has 2 rings (SSSR count). The summed E-state index contributed by atoms with van der Waals surface area (Å²) in [6.07, 6.45) is 0. The smallest absolute Gasteiger partial charge is 0.0324 e. The summed E-state index contributed by atoms with van der Waals surface area (Å²) in [6, 6.07) is 8.76. The van der Waals surface area contributed by atoms with Crippen LogP contribution in [0.25, 0.3) is 0 Å². The molecule has 0 atom stereocenters. The highest BCUT2D eigenvalue weighted by molar-refractivity contribution is 7.10. The van der Waals surface area contributed by atoms with Crippen molar-refractivity contribution < 1.29 is 0 Å². The van der Waals surface area contributed by atoms with Gasteiger partial charge in [-0.1, -0.05) is 19.9 Å². The first-order chi connectivity index (χ1) is 7.50. The van der Waals surface area contributed by atoms with E-state index in [9.17, 15) is 0 Å². The van der Waals surface area contributed by atoms with Gasteiger partial charge in [-0.05, 0) is 37.4 Å². The molecule has 16 heavy (non-hydrogen) atoms. The summed E-state index contributed by atoms with van der Waals surface area (Å²) in [5.41, 5.74) is 2.91. The molecule has 0 spiro atoms. The molecule has 0 N–H and O–H groups in total. The summed E-state index contributed by atoms with van der Waals surface area (Å²) in [5.74, 6) is 0. The topological polar surface area (TPSA) is 4.93 Å². The Labute approximate surface area is 102 Å². The Hall–Kier alpha value is -1.02. The minimum atomic E-state index is 0.211. The van der Waals surface area contributed by atoms with Crippen LogP contribution < -0.4 is 0 Å². The predicted molar refractivity (Wildman–Crippen MR) is 71.3 cm³/mol. The second-order valence-corrected chi connectivity index (χ2v) is 6.01. The third kappa shape index (κ3) is 2.07. The van der Waals surface area contributed by atoms with Gasteiger partial charge in [-0.25, -0.2) is 0 Å². The van der Waals surface area contributed by atoms with Crippen molar-refractivity contribution in [1.29, 1.82) is 0 Å². The Morgan fingerprint density at radius 2 is 1.75 bits per heavy atom. The molecule has 0 saturated heterocycles. The molecule has 0 unspecified atom stereocenters. The molecule has 0 aromatic carbocycles. The van der Waals surface area contributed by atoms with Crippen molar-refractivity contribution >= 4 is 11.3 Å². The van der Waals surface area contributed by atoms with Gasteiger partial charge in [-0.2, -0.15) is 0 Å². The number of hydrogen-bond donors (Lipinski definition) is 0. The van der Waals surface area contributed by atoms with Crippen LogP contribution in [0.3, 0.4) is 0 Å². The Kier molecular flexibility index (Phi) is 2.94. The number of hydrogen-bond acceptors (Lipinski definition) is 1. The van der Waals surface area contributed by atoms with Gasteiger partial charge in [-0.15, -0.1) is 11.3 Å². The number of rotatable bonds is 3. The number of aromatic nitrogens is 1. The van der Waals surface area contributed by atoms with Crippen molar-refractivity contribution in [3.8, 4) is 0 Å². The van der Waals surface area contributed by atoms with Crippen molar-refractivity contribution in [2.75, 3.05) is 0 Å². The molecule has 86 valence electrons. The fourth-order valence-electron chi connectivity index (χ4n) is 2.09. The van der Waals surface area contributed by atoms with Crippen LogP contribution in [0.1, 0.15) is 30.1 Å². The first-order valence-corrected chi connectivity index (χ1v) is 6.55. The van der Waals surface area contributed by atoms with Gasteiger partial charge in [0.05, 0.1) is 0 Å². The van der Waals surface area contributed by atoms with Crippen molar-refractivity contribution in [1.82, 2.24) is 4.57 Å². The van der Waals surface area contributed by atoms with Gasteiger partial charge < -0.3 is 4.57 Å². The standard InChI is InChI=1S/C14H19NS/c1-11-7-8-12(2)15(11)10-14(3,4)13-6-5-9-16-13/h5-9H,10H2,1-4H3. The fraction of sp³-hybridized carbons (Fsp3) is 0.429. The van der Waals surface area contributed by atoms with E-state index < -0.39 is 0 Å². The number of nitrogens with zero attached hydrogens (tertiary/aromatic N) is 1. The normalized spacial score (nSPS) is 12.0. The monoisotopic (exact) mass is 233 g/mol. The van der Waals surface area contributed by atoms with Gasteiger partial charge in [0.2, 0.25) is 0 Å². The maximum Gasteiger partial charge on any atom is 0.0324 e. The fourth-order valence-corrected chi connectivity index (χ4v) is 2.93. The average Bonchev–Trinajstić information content (AvgIpc) is 2.83. The van der Waals surface area contributed by atoms with E-state index in [4.69, 9.17) is 0 Å². The van der Waals surface area contributed by atoms with Crippen molar-refractivity contribution in [2.24, 2.45) is 0 Å². The highest BCUT2D eigenvalue weighted by atomic mass is 32.1. The maximum absolute atomic E-state index is 2.40. The summed E-state index contributed by atoms with van der Waals surface area (Å²) >= 11 is 1.85. The zero-order chi connectivity index (χ0) is 11.8. The van der Waals surface area contributed by atoms with Gasteiger partial charge in [0.25, 0.3) is 0 Å². The molecule has 0 amide bonds. The minimum absolute atomic E-state index is 0.211. The van der Waals surface area contributed by atoms with Gasteiger partial charge >= 0.3 is 0 Å². The highest BCUT2D eigenvalue weighted by Crippen LogP contribution is 2.30. The molecule has 0 fully saturated rings. The van der Waals surface area contributed by atoms with E-state index in [0.717, 1.165) is 6.54 Å². The molecule has 2 aromatic heterocycles. The molecule has 0 aliphatic rings. The van der Waals surface area contributed by atoms with E-state index in [-0.39, 0.29) is 5.41 Å².